The quantitative estimate of drug-likeness (QED) is 0.171. The summed E-state index contributed by atoms with van der Waals surface area (Å²) in [5.41, 5.74) is 26.5. The van der Waals surface area contributed by atoms with Crippen molar-refractivity contribution >= 4 is 72.9 Å². The van der Waals surface area contributed by atoms with Crippen LogP contribution in [0.5, 0.6) is 0 Å². The van der Waals surface area contributed by atoms with Gasteiger partial charge < -0.3 is 19.3 Å². The van der Waals surface area contributed by atoms with Gasteiger partial charge in [-0.3, -0.25) is 0 Å². The molecule has 4 heteroatoms. The van der Waals surface area contributed by atoms with Gasteiger partial charge in [0.15, 0.2) is 0 Å². The van der Waals surface area contributed by atoms with E-state index in [1.807, 2.05) is 0 Å². The Morgan fingerprint density at radius 2 is 0.724 bits per heavy atom. The fraction of sp³-hybridized carbons (Fsp3) is 0.0278. The van der Waals surface area contributed by atoms with E-state index in [1.165, 1.54) is 106 Å². The van der Waals surface area contributed by atoms with Crippen molar-refractivity contribution in [2.45, 2.75) is 12.0 Å². The Morgan fingerprint density at radius 1 is 0.303 bits per heavy atom. The van der Waals surface area contributed by atoms with Gasteiger partial charge in [-0.1, -0.05) is 182 Å². The Labute approximate surface area is 442 Å². The molecule has 0 saturated heterocycles. The molecule has 4 heterocycles. The molecular weight excluding hydrogens is 921 g/mol. The lowest BCUT2D eigenvalue weighted by molar-refractivity contribution is 0.747. The minimum Gasteiger partial charge on any atom is -0.333 e. The highest BCUT2D eigenvalue weighted by atomic mass is 15.2. The molecule has 76 heavy (non-hydrogen) atoms. The van der Waals surface area contributed by atoms with Gasteiger partial charge in [-0.25, -0.2) is 0 Å². The molecule has 0 radical (unpaired) electrons. The predicted molar refractivity (Wildman–Crippen MR) is 318 cm³/mol. The van der Waals surface area contributed by atoms with Gasteiger partial charge in [0.1, 0.15) is 0 Å². The summed E-state index contributed by atoms with van der Waals surface area (Å²) >= 11 is 0. The van der Waals surface area contributed by atoms with Crippen molar-refractivity contribution in [1.29, 1.82) is 0 Å². The van der Waals surface area contributed by atoms with Crippen LogP contribution in [0.15, 0.2) is 279 Å². The molecule has 4 aliphatic rings. The van der Waals surface area contributed by atoms with Crippen LogP contribution in [0.2, 0.25) is 0 Å². The van der Waals surface area contributed by atoms with Crippen molar-refractivity contribution in [3.63, 3.8) is 0 Å². The van der Waals surface area contributed by atoms with E-state index in [1.54, 1.807) is 0 Å². The minimum absolute atomic E-state index is 0.0880. The SMILES string of the molecule is C1=CC2C(C=C1c1ccc3c(c1)c1cc(N4c5ccccc5-c5ccccc5-c5ccccc54)ccc1n3-c1ccccc1)c1cc(N3c4ccccc4-c4ccccc4-c4ccccc43)ccc1N2c1ccccc1. The zero-order valence-electron chi connectivity index (χ0n) is 41.5. The van der Waals surface area contributed by atoms with Crippen LogP contribution in [0.4, 0.5) is 45.5 Å². The maximum Gasteiger partial charge on any atom is 0.0630 e. The second-order valence-corrected chi connectivity index (χ2v) is 20.4. The fourth-order valence-electron chi connectivity index (χ4n) is 13.1. The first kappa shape index (κ1) is 42.6. The molecule has 2 atom stereocenters. The predicted octanol–water partition coefficient (Wildman–Crippen LogP) is 19.3. The van der Waals surface area contributed by atoms with Crippen molar-refractivity contribution < 1.29 is 0 Å². The molecule has 0 spiro atoms. The second-order valence-electron chi connectivity index (χ2n) is 20.4. The van der Waals surface area contributed by atoms with Crippen LogP contribution in [-0.2, 0) is 0 Å². The monoisotopic (exact) mass is 968 g/mol. The molecule has 2 unspecified atom stereocenters. The highest BCUT2D eigenvalue weighted by Gasteiger charge is 2.40. The number of rotatable bonds is 5. The Balaban J connectivity index is 0.866. The van der Waals surface area contributed by atoms with Gasteiger partial charge in [0, 0.05) is 67.4 Å². The van der Waals surface area contributed by atoms with Gasteiger partial charge in [0.05, 0.1) is 39.8 Å². The van der Waals surface area contributed by atoms with Crippen LogP contribution in [0.1, 0.15) is 17.0 Å². The van der Waals surface area contributed by atoms with Crippen LogP contribution >= 0.6 is 0 Å². The molecule has 16 rings (SSSR count). The third-order valence-electron chi connectivity index (χ3n) is 16.4. The number of aromatic nitrogens is 1. The van der Waals surface area contributed by atoms with Crippen LogP contribution in [0, 0.1) is 0 Å². The van der Waals surface area contributed by atoms with Crippen molar-refractivity contribution in [1.82, 2.24) is 4.57 Å². The number of benzene rings is 11. The van der Waals surface area contributed by atoms with Crippen molar-refractivity contribution in [2.75, 3.05) is 14.7 Å². The molecule has 1 aromatic heterocycles. The molecular formula is C72H48N4. The molecule has 0 N–H and O–H groups in total. The van der Waals surface area contributed by atoms with E-state index >= 15 is 0 Å². The molecule has 0 fully saturated rings. The van der Waals surface area contributed by atoms with Gasteiger partial charge in [0.2, 0.25) is 0 Å². The van der Waals surface area contributed by atoms with Crippen LogP contribution in [0.25, 0.3) is 77.6 Å². The maximum absolute atomic E-state index is 2.55. The molecule has 356 valence electrons. The Morgan fingerprint density at radius 3 is 1.25 bits per heavy atom. The summed E-state index contributed by atoms with van der Waals surface area (Å²) in [4.78, 5) is 7.50. The molecule has 3 aliphatic heterocycles. The second kappa shape index (κ2) is 16.8. The Bertz CT molecular complexity index is 4260. The Kier molecular flexibility index (Phi) is 9.43. The summed E-state index contributed by atoms with van der Waals surface area (Å²) < 4.78 is 2.43. The standard InChI is InChI=1S/C72H48N4/c1-3-19-49(20-4-1)73-69-39-35-47(43-61(69)63-45-51(37-41-71(63)73)75-65-31-15-11-27-57(65)53-23-7-8-24-54(53)58-28-12-16-32-66(58)75)48-36-40-70-62(44-48)64-46-52(38-42-72(64)74(70)50-21-5-2-6-22-50)76-67-33-17-13-29-59(67)55-25-9-10-26-56(55)60-30-14-18-34-68(60)76/h1-46,61,69H. The maximum atomic E-state index is 2.55. The van der Waals surface area contributed by atoms with Crippen molar-refractivity contribution in [2.24, 2.45) is 0 Å². The minimum atomic E-state index is 0.0880. The third kappa shape index (κ3) is 6.37. The lowest BCUT2D eigenvalue weighted by Crippen LogP contribution is -2.28. The number of nitrogens with zero attached hydrogens (tertiary/aromatic N) is 4. The number of fused-ring (bicyclic) bond motifs is 16. The molecule has 0 amide bonds. The first-order valence-electron chi connectivity index (χ1n) is 26.4. The van der Waals surface area contributed by atoms with E-state index in [4.69, 9.17) is 0 Å². The molecule has 11 aromatic carbocycles. The first-order valence-corrected chi connectivity index (χ1v) is 26.4. The van der Waals surface area contributed by atoms with E-state index in [-0.39, 0.29) is 12.0 Å². The van der Waals surface area contributed by atoms with Crippen LogP contribution in [-0.4, -0.2) is 10.6 Å². The summed E-state index contributed by atoms with van der Waals surface area (Å²) in [6.07, 6.45) is 7.36. The summed E-state index contributed by atoms with van der Waals surface area (Å²) in [5.74, 6) is 0.0880. The van der Waals surface area contributed by atoms with Gasteiger partial charge in [-0.2, -0.15) is 0 Å². The number of allylic oxidation sites excluding steroid dienone is 2. The van der Waals surface area contributed by atoms with Gasteiger partial charge in [-0.15, -0.1) is 0 Å². The molecule has 0 bridgehead atoms. The largest absolute Gasteiger partial charge is 0.333 e. The summed E-state index contributed by atoms with van der Waals surface area (Å²) in [7, 11) is 0. The van der Waals surface area contributed by atoms with E-state index in [9.17, 15) is 0 Å². The van der Waals surface area contributed by atoms with Crippen molar-refractivity contribution in [3.05, 3.63) is 290 Å². The average molecular weight is 969 g/mol. The van der Waals surface area contributed by atoms with E-state index in [2.05, 4.69) is 298 Å². The number of para-hydroxylation sites is 6. The van der Waals surface area contributed by atoms with Gasteiger partial charge >= 0.3 is 0 Å². The summed E-state index contributed by atoms with van der Waals surface area (Å²) in [6, 6.07) is 96.4. The first-order chi connectivity index (χ1) is 37.7. The average Bonchev–Trinajstić information content (AvgIpc) is 3.90. The number of hydrogen-bond acceptors (Lipinski definition) is 3. The summed E-state index contributed by atoms with van der Waals surface area (Å²) in [5, 5.41) is 2.42. The zero-order chi connectivity index (χ0) is 49.8. The summed E-state index contributed by atoms with van der Waals surface area (Å²) in [6.45, 7) is 0. The molecule has 1 aliphatic carbocycles. The fourth-order valence-corrected chi connectivity index (χ4v) is 13.1. The Hall–Kier alpha value is -9.90. The highest BCUT2D eigenvalue weighted by molar-refractivity contribution is 6.13. The highest BCUT2D eigenvalue weighted by Crippen LogP contribution is 2.56. The molecule has 4 nitrogen and oxygen atoms in total. The van der Waals surface area contributed by atoms with E-state index < -0.39 is 0 Å². The van der Waals surface area contributed by atoms with Crippen molar-refractivity contribution in [3.8, 4) is 50.2 Å². The van der Waals surface area contributed by atoms with Gasteiger partial charge in [0.25, 0.3) is 0 Å². The lowest BCUT2D eigenvalue weighted by atomic mass is 9.86. The smallest absolute Gasteiger partial charge is 0.0630 e. The van der Waals surface area contributed by atoms with Crippen LogP contribution < -0.4 is 14.7 Å². The zero-order valence-corrected chi connectivity index (χ0v) is 41.5. The van der Waals surface area contributed by atoms with E-state index in [0.29, 0.717) is 0 Å². The molecule has 12 aromatic rings. The van der Waals surface area contributed by atoms with E-state index in [0.717, 1.165) is 28.4 Å². The van der Waals surface area contributed by atoms with Gasteiger partial charge in [-0.05, 0) is 136 Å². The normalized spacial score (nSPS) is 15.6. The molecule has 0 saturated carbocycles. The third-order valence-corrected chi connectivity index (χ3v) is 16.4. The number of hydrogen-bond donors (Lipinski definition) is 0. The van der Waals surface area contributed by atoms with Crippen LogP contribution in [0.3, 0.4) is 0 Å². The lowest BCUT2D eigenvalue weighted by Gasteiger charge is -2.29. The topological polar surface area (TPSA) is 14.7 Å². The number of anilines is 8.